The van der Waals surface area contributed by atoms with E-state index in [2.05, 4.69) is 29.2 Å². The number of halogens is 1. The number of benzene rings is 1. The van der Waals surface area contributed by atoms with Gasteiger partial charge in [-0.25, -0.2) is 0 Å². The second-order valence-corrected chi connectivity index (χ2v) is 3.26. The van der Waals surface area contributed by atoms with Crippen molar-refractivity contribution in [1.29, 1.82) is 0 Å². The van der Waals surface area contributed by atoms with E-state index in [9.17, 15) is 0 Å². The molecule has 1 rings (SSSR count). The summed E-state index contributed by atoms with van der Waals surface area (Å²) in [6.45, 7) is 3.68. The zero-order valence-corrected chi connectivity index (χ0v) is 8.46. The fourth-order valence-corrected chi connectivity index (χ4v) is 1.36. The molecule has 11 heavy (non-hydrogen) atoms. The van der Waals surface area contributed by atoms with Gasteiger partial charge >= 0.3 is 0 Å². The average molecular weight is 260 g/mol. The van der Waals surface area contributed by atoms with Crippen LogP contribution in [0.5, 0.6) is 5.75 Å². The molecule has 0 N–H and O–H groups in total. The standard InChI is InChI=1S/C9H9IO/c1-3-7-4-5-8(10)9(6-7)11-2/h3-6H,1H2,2H3. The topological polar surface area (TPSA) is 9.23 Å². The minimum atomic E-state index is 0.906. The molecule has 58 valence electrons. The molecule has 0 atom stereocenters. The lowest BCUT2D eigenvalue weighted by Crippen LogP contribution is -1.86. The van der Waals surface area contributed by atoms with Gasteiger partial charge < -0.3 is 4.74 Å². The molecule has 0 spiro atoms. The van der Waals surface area contributed by atoms with Crippen molar-refractivity contribution in [2.45, 2.75) is 0 Å². The Hall–Kier alpha value is -0.510. The van der Waals surface area contributed by atoms with Crippen molar-refractivity contribution in [3.8, 4) is 5.75 Å². The Morgan fingerprint density at radius 1 is 1.55 bits per heavy atom. The van der Waals surface area contributed by atoms with Crippen molar-refractivity contribution in [2.24, 2.45) is 0 Å². The van der Waals surface area contributed by atoms with Crippen LogP contribution in [0.3, 0.4) is 0 Å². The van der Waals surface area contributed by atoms with Crippen molar-refractivity contribution in [3.05, 3.63) is 33.9 Å². The first kappa shape index (κ1) is 8.59. The zero-order chi connectivity index (χ0) is 8.27. The van der Waals surface area contributed by atoms with Crippen LogP contribution in [0.2, 0.25) is 0 Å². The second kappa shape index (κ2) is 3.76. The van der Waals surface area contributed by atoms with Gasteiger partial charge in [-0.05, 0) is 40.3 Å². The fraction of sp³-hybridized carbons (Fsp3) is 0.111. The molecule has 0 aliphatic carbocycles. The highest BCUT2D eigenvalue weighted by Gasteiger charge is 1.97. The zero-order valence-electron chi connectivity index (χ0n) is 6.30. The van der Waals surface area contributed by atoms with Crippen molar-refractivity contribution in [1.82, 2.24) is 0 Å². The van der Waals surface area contributed by atoms with Crippen LogP contribution in [0.1, 0.15) is 5.56 Å². The maximum absolute atomic E-state index is 5.13. The van der Waals surface area contributed by atoms with E-state index >= 15 is 0 Å². The molecule has 0 amide bonds. The third-order valence-corrected chi connectivity index (χ3v) is 2.30. The first-order valence-electron chi connectivity index (χ1n) is 3.24. The highest BCUT2D eigenvalue weighted by molar-refractivity contribution is 14.1. The van der Waals surface area contributed by atoms with Gasteiger partial charge in [0.25, 0.3) is 0 Å². The average Bonchev–Trinajstić information content (AvgIpc) is 2.05. The first-order chi connectivity index (χ1) is 5.27. The fourth-order valence-electron chi connectivity index (χ4n) is 0.803. The Morgan fingerprint density at radius 3 is 2.82 bits per heavy atom. The minimum absolute atomic E-state index is 0.906. The number of rotatable bonds is 2. The summed E-state index contributed by atoms with van der Waals surface area (Å²) in [6, 6.07) is 5.99. The van der Waals surface area contributed by atoms with E-state index in [1.165, 1.54) is 0 Å². The molecule has 0 fully saturated rings. The van der Waals surface area contributed by atoms with E-state index < -0.39 is 0 Å². The summed E-state index contributed by atoms with van der Waals surface area (Å²) in [7, 11) is 1.67. The Labute approximate surface area is 80.2 Å². The molecule has 0 heterocycles. The van der Waals surface area contributed by atoms with Crippen LogP contribution in [-0.4, -0.2) is 7.11 Å². The highest BCUT2D eigenvalue weighted by atomic mass is 127. The summed E-state index contributed by atoms with van der Waals surface area (Å²) in [6.07, 6.45) is 1.80. The van der Waals surface area contributed by atoms with E-state index in [1.54, 1.807) is 13.2 Å². The van der Waals surface area contributed by atoms with Crippen LogP contribution in [-0.2, 0) is 0 Å². The Bertz CT molecular complexity index is 268. The number of ether oxygens (including phenoxy) is 1. The molecule has 1 aromatic rings. The number of hydrogen-bond donors (Lipinski definition) is 0. The molecule has 0 bridgehead atoms. The van der Waals surface area contributed by atoms with Gasteiger partial charge in [-0.1, -0.05) is 18.7 Å². The summed E-state index contributed by atoms with van der Waals surface area (Å²) < 4.78 is 6.25. The van der Waals surface area contributed by atoms with Crippen LogP contribution < -0.4 is 4.74 Å². The van der Waals surface area contributed by atoms with Gasteiger partial charge in [-0.3, -0.25) is 0 Å². The third kappa shape index (κ3) is 1.96. The minimum Gasteiger partial charge on any atom is -0.496 e. The van der Waals surface area contributed by atoms with Gasteiger partial charge in [0.15, 0.2) is 0 Å². The predicted molar refractivity (Wildman–Crippen MR) is 55.8 cm³/mol. The quantitative estimate of drug-likeness (QED) is 0.743. The maximum atomic E-state index is 5.13. The van der Waals surface area contributed by atoms with Crippen molar-refractivity contribution >= 4 is 28.7 Å². The van der Waals surface area contributed by atoms with Crippen molar-refractivity contribution in [2.75, 3.05) is 7.11 Å². The number of methoxy groups -OCH3 is 1. The van der Waals surface area contributed by atoms with Crippen LogP contribution in [0.15, 0.2) is 24.8 Å². The molecule has 0 radical (unpaired) electrons. The largest absolute Gasteiger partial charge is 0.496 e. The van der Waals surface area contributed by atoms with Crippen LogP contribution in [0.4, 0.5) is 0 Å². The van der Waals surface area contributed by atoms with E-state index in [0.717, 1.165) is 14.9 Å². The van der Waals surface area contributed by atoms with Gasteiger partial charge in [-0.2, -0.15) is 0 Å². The molecule has 0 aliphatic rings. The molecule has 0 unspecified atom stereocenters. The van der Waals surface area contributed by atoms with Crippen LogP contribution >= 0.6 is 22.6 Å². The predicted octanol–water partition coefficient (Wildman–Crippen LogP) is 2.94. The monoisotopic (exact) mass is 260 g/mol. The lowest BCUT2D eigenvalue weighted by Gasteiger charge is -2.02. The summed E-state index contributed by atoms with van der Waals surface area (Å²) >= 11 is 2.23. The molecule has 0 saturated heterocycles. The van der Waals surface area contributed by atoms with E-state index in [-0.39, 0.29) is 0 Å². The summed E-state index contributed by atoms with van der Waals surface area (Å²) in [5, 5.41) is 0. The van der Waals surface area contributed by atoms with E-state index in [0.29, 0.717) is 0 Å². The van der Waals surface area contributed by atoms with Gasteiger partial charge in [0.05, 0.1) is 10.7 Å². The van der Waals surface area contributed by atoms with Gasteiger partial charge in [-0.15, -0.1) is 0 Å². The Kier molecular flexibility index (Phi) is 2.93. The van der Waals surface area contributed by atoms with Gasteiger partial charge in [0, 0.05) is 0 Å². The summed E-state index contributed by atoms with van der Waals surface area (Å²) in [5.74, 6) is 0.906. The Morgan fingerprint density at radius 2 is 2.27 bits per heavy atom. The summed E-state index contributed by atoms with van der Waals surface area (Å²) in [4.78, 5) is 0. The smallest absolute Gasteiger partial charge is 0.132 e. The molecule has 0 aromatic heterocycles. The molecule has 0 aliphatic heterocycles. The Balaban J connectivity index is 3.12. The normalized spacial score (nSPS) is 9.27. The SMILES string of the molecule is C=Cc1ccc(I)c(OC)c1. The third-order valence-electron chi connectivity index (χ3n) is 1.41. The van der Waals surface area contributed by atoms with Gasteiger partial charge in [0.1, 0.15) is 5.75 Å². The molecule has 1 aromatic carbocycles. The highest BCUT2D eigenvalue weighted by Crippen LogP contribution is 2.21. The number of hydrogen-bond acceptors (Lipinski definition) is 1. The van der Waals surface area contributed by atoms with E-state index in [4.69, 9.17) is 4.74 Å². The van der Waals surface area contributed by atoms with Gasteiger partial charge in [0.2, 0.25) is 0 Å². The van der Waals surface area contributed by atoms with Crippen molar-refractivity contribution < 1.29 is 4.74 Å². The molecular formula is C9H9IO. The first-order valence-corrected chi connectivity index (χ1v) is 4.32. The maximum Gasteiger partial charge on any atom is 0.132 e. The second-order valence-electron chi connectivity index (χ2n) is 2.10. The van der Waals surface area contributed by atoms with Crippen LogP contribution in [0.25, 0.3) is 6.08 Å². The molecule has 1 nitrogen and oxygen atoms in total. The molecule has 0 saturated carbocycles. The lowest BCUT2D eigenvalue weighted by molar-refractivity contribution is 0.411. The lowest BCUT2D eigenvalue weighted by atomic mass is 10.2. The molecule has 2 heteroatoms. The molecular weight excluding hydrogens is 251 g/mol. The van der Waals surface area contributed by atoms with E-state index in [1.807, 2.05) is 18.2 Å². The summed E-state index contributed by atoms with van der Waals surface area (Å²) in [5.41, 5.74) is 1.09. The van der Waals surface area contributed by atoms with Crippen molar-refractivity contribution in [3.63, 3.8) is 0 Å². The van der Waals surface area contributed by atoms with Crippen LogP contribution in [0, 0.1) is 3.57 Å².